The van der Waals surface area contributed by atoms with E-state index in [0.29, 0.717) is 43.2 Å². The summed E-state index contributed by atoms with van der Waals surface area (Å²) in [4.78, 5) is 14.4. The van der Waals surface area contributed by atoms with E-state index in [2.05, 4.69) is 10.2 Å². The molecule has 1 saturated heterocycles. The van der Waals surface area contributed by atoms with Crippen molar-refractivity contribution in [2.45, 2.75) is 30.6 Å². The van der Waals surface area contributed by atoms with Crippen molar-refractivity contribution in [2.24, 2.45) is 0 Å². The van der Waals surface area contributed by atoms with Crippen LogP contribution < -0.4 is 10.2 Å². The third-order valence-corrected chi connectivity index (χ3v) is 7.49. The second-order valence-corrected chi connectivity index (χ2v) is 9.98. The van der Waals surface area contributed by atoms with Gasteiger partial charge in [0.25, 0.3) is 0 Å². The summed E-state index contributed by atoms with van der Waals surface area (Å²) in [5, 5.41) is 2.84. The zero-order chi connectivity index (χ0) is 19.9. The summed E-state index contributed by atoms with van der Waals surface area (Å²) in [6.45, 7) is 6.17. The number of carbonyl (C=O) groups is 1. The van der Waals surface area contributed by atoms with Crippen molar-refractivity contribution in [1.29, 1.82) is 0 Å². The van der Waals surface area contributed by atoms with E-state index in [1.54, 1.807) is 22.5 Å². The molecule has 148 valence electrons. The van der Waals surface area contributed by atoms with Crippen molar-refractivity contribution in [2.75, 3.05) is 36.4 Å². The molecule has 7 heteroatoms. The summed E-state index contributed by atoms with van der Waals surface area (Å²) in [6, 6.07) is 15.1. The maximum Gasteiger partial charge on any atom is 0.243 e. The Morgan fingerprint density at radius 2 is 1.64 bits per heavy atom. The van der Waals surface area contributed by atoms with Gasteiger partial charge in [-0.3, -0.25) is 4.79 Å². The summed E-state index contributed by atoms with van der Waals surface area (Å²) in [6.07, 6.45) is 0.346. The Bertz CT molecular complexity index is 995. The number of anilines is 2. The molecule has 1 N–H and O–H groups in total. The number of hydrogen-bond acceptors (Lipinski definition) is 4. The molecule has 0 aromatic heterocycles. The minimum atomic E-state index is -3.57. The minimum Gasteiger partial charge on any atom is -0.369 e. The van der Waals surface area contributed by atoms with Crippen molar-refractivity contribution in [3.63, 3.8) is 0 Å². The molecule has 2 aromatic rings. The largest absolute Gasteiger partial charge is 0.369 e. The van der Waals surface area contributed by atoms with Crippen LogP contribution in [0.4, 0.5) is 11.4 Å². The van der Waals surface area contributed by atoms with Gasteiger partial charge in [0, 0.05) is 49.4 Å². The monoisotopic (exact) mass is 399 g/mol. The van der Waals surface area contributed by atoms with E-state index in [1.165, 1.54) is 0 Å². The van der Waals surface area contributed by atoms with E-state index in [0.717, 1.165) is 11.3 Å². The molecule has 0 bridgehead atoms. The van der Waals surface area contributed by atoms with Gasteiger partial charge in [-0.05, 0) is 35.9 Å². The summed E-state index contributed by atoms with van der Waals surface area (Å²) in [7, 11) is -3.57. The fourth-order valence-electron chi connectivity index (χ4n) is 4.02. The van der Waals surface area contributed by atoms with E-state index < -0.39 is 15.4 Å². The number of hydrogen-bond donors (Lipinski definition) is 1. The van der Waals surface area contributed by atoms with Crippen LogP contribution in [-0.2, 0) is 20.2 Å². The molecule has 1 amide bonds. The smallest absolute Gasteiger partial charge is 0.243 e. The Kier molecular flexibility index (Phi) is 4.67. The first-order valence-electron chi connectivity index (χ1n) is 9.52. The Balaban J connectivity index is 1.56. The Morgan fingerprint density at radius 1 is 0.964 bits per heavy atom. The molecule has 0 unspecified atom stereocenters. The van der Waals surface area contributed by atoms with Gasteiger partial charge >= 0.3 is 0 Å². The van der Waals surface area contributed by atoms with Crippen molar-refractivity contribution < 1.29 is 13.2 Å². The molecule has 2 aliphatic rings. The lowest BCUT2D eigenvalue weighted by Crippen LogP contribution is -2.48. The third-order valence-electron chi connectivity index (χ3n) is 5.59. The lowest BCUT2D eigenvalue weighted by molar-refractivity contribution is -0.117. The number of carbonyl (C=O) groups excluding carboxylic acids is 1. The summed E-state index contributed by atoms with van der Waals surface area (Å²) in [5.74, 6) is -0.0369. The summed E-state index contributed by atoms with van der Waals surface area (Å²) in [5.41, 5.74) is 2.30. The van der Waals surface area contributed by atoms with Crippen LogP contribution in [-0.4, -0.2) is 44.8 Å². The quantitative estimate of drug-likeness (QED) is 0.862. The zero-order valence-corrected chi connectivity index (χ0v) is 17.0. The Morgan fingerprint density at radius 3 is 2.32 bits per heavy atom. The average Bonchev–Trinajstić information content (AvgIpc) is 2.68. The molecule has 6 nitrogen and oxygen atoms in total. The van der Waals surface area contributed by atoms with Crippen LogP contribution in [0.2, 0.25) is 0 Å². The molecule has 2 heterocycles. The van der Waals surface area contributed by atoms with E-state index >= 15 is 0 Å². The number of para-hydroxylation sites is 1. The molecule has 4 rings (SSSR count). The SMILES string of the molecule is CC1(C)CC(=O)Nc2ccc(S(=O)(=O)N3CCN(c4ccccc4)CC3)cc21. The second kappa shape index (κ2) is 6.90. The Hall–Kier alpha value is -2.38. The second-order valence-electron chi connectivity index (χ2n) is 8.04. The Labute approximate surface area is 166 Å². The maximum atomic E-state index is 13.2. The normalized spacial score (nSPS) is 19.8. The van der Waals surface area contributed by atoms with Gasteiger partial charge in [0.2, 0.25) is 15.9 Å². The molecule has 0 radical (unpaired) electrons. The molecule has 0 aliphatic carbocycles. The topological polar surface area (TPSA) is 69.7 Å². The van der Waals surface area contributed by atoms with Crippen molar-refractivity contribution in [1.82, 2.24) is 4.31 Å². The average molecular weight is 400 g/mol. The third kappa shape index (κ3) is 3.40. The van der Waals surface area contributed by atoms with Crippen LogP contribution in [0.1, 0.15) is 25.8 Å². The molecular weight excluding hydrogens is 374 g/mol. The molecule has 0 saturated carbocycles. The molecule has 0 spiro atoms. The standard InChI is InChI=1S/C21H25N3O3S/c1-21(2)15-20(25)22-19-9-8-17(14-18(19)21)28(26,27)24-12-10-23(11-13-24)16-6-4-3-5-7-16/h3-9,14H,10-13,15H2,1-2H3,(H,22,25). The van der Waals surface area contributed by atoms with E-state index in [-0.39, 0.29) is 5.91 Å². The molecule has 2 aromatic carbocycles. The molecule has 2 aliphatic heterocycles. The highest BCUT2D eigenvalue weighted by atomic mass is 32.2. The number of benzene rings is 2. The van der Waals surface area contributed by atoms with Gasteiger partial charge in [0.1, 0.15) is 0 Å². The maximum absolute atomic E-state index is 13.2. The zero-order valence-electron chi connectivity index (χ0n) is 16.2. The predicted molar refractivity (Wildman–Crippen MR) is 110 cm³/mol. The van der Waals surface area contributed by atoms with Gasteiger partial charge in [-0.25, -0.2) is 8.42 Å². The highest BCUT2D eigenvalue weighted by Gasteiger charge is 2.35. The van der Waals surface area contributed by atoms with Crippen LogP contribution >= 0.6 is 0 Å². The number of rotatable bonds is 3. The number of nitrogens with one attached hydrogen (secondary N) is 1. The number of piperazine rings is 1. The highest BCUT2D eigenvalue weighted by Crippen LogP contribution is 2.38. The van der Waals surface area contributed by atoms with Crippen LogP contribution in [0.5, 0.6) is 0 Å². The van der Waals surface area contributed by atoms with Gasteiger partial charge in [-0.1, -0.05) is 32.0 Å². The van der Waals surface area contributed by atoms with Crippen LogP contribution in [0.3, 0.4) is 0 Å². The first kappa shape index (κ1) is 19.0. The molecule has 0 atom stereocenters. The summed E-state index contributed by atoms with van der Waals surface area (Å²) < 4.78 is 28.0. The van der Waals surface area contributed by atoms with Gasteiger partial charge in [0.05, 0.1) is 4.90 Å². The molecule has 1 fully saturated rings. The fourth-order valence-corrected chi connectivity index (χ4v) is 5.47. The van der Waals surface area contributed by atoms with E-state index in [9.17, 15) is 13.2 Å². The van der Waals surface area contributed by atoms with Crippen LogP contribution in [0.15, 0.2) is 53.4 Å². The van der Waals surface area contributed by atoms with E-state index in [4.69, 9.17) is 0 Å². The predicted octanol–water partition coefficient (Wildman–Crippen LogP) is 2.82. The first-order chi connectivity index (χ1) is 13.3. The highest BCUT2D eigenvalue weighted by molar-refractivity contribution is 7.89. The van der Waals surface area contributed by atoms with E-state index in [1.807, 2.05) is 44.2 Å². The van der Waals surface area contributed by atoms with Crippen molar-refractivity contribution >= 4 is 27.3 Å². The lowest BCUT2D eigenvalue weighted by atomic mass is 9.78. The number of amides is 1. The van der Waals surface area contributed by atoms with Gasteiger partial charge in [-0.2, -0.15) is 4.31 Å². The van der Waals surface area contributed by atoms with Gasteiger partial charge in [-0.15, -0.1) is 0 Å². The van der Waals surface area contributed by atoms with Crippen LogP contribution in [0, 0.1) is 0 Å². The lowest BCUT2D eigenvalue weighted by Gasteiger charge is -2.36. The molecular formula is C21H25N3O3S. The van der Waals surface area contributed by atoms with Gasteiger partial charge in [0.15, 0.2) is 0 Å². The number of fused-ring (bicyclic) bond motifs is 1. The fraction of sp³-hybridized carbons (Fsp3) is 0.381. The number of sulfonamides is 1. The van der Waals surface area contributed by atoms with Crippen molar-refractivity contribution in [3.05, 3.63) is 54.1 Å². The van der Waals surface area contributed by atoms with Crippen LogP contribution in [0.25, 0.3) is 0 Å². The minimum absolute atomic E-state index is 0.0369. The number of nitrogens with zero attached hydrogens (tertiary/aromatic N) is 2. The van der Waals surface area contributed by atoms with Crippen molar-refractivity contribution in [3.8, 4) is 0 Å². The summed E-state index contributed by atoms with van der Waals surface area (Å²) >= 11 is 0. The first-order valence-corrected chi connectivity index (χ1v) is 11.0. The molecule has 28 heavy (non-hydrogen) atoms. The van der Waals surface area contributed by atoms with Gasteiger partial charge < -0.3 is 10.2 Å².